The van der Waals surface area contributed by atoms with Crippen molar-refractivity contribution in [3.05, 3.63) is 46.1 Å². The fourth-order valence-electron chi connectivity index (χ4n) is 1.76. The summed E-state index contributed by atoms with van der Waals surface area (Å²) in [6.45, 7) is 0. The first-order chi connectivity index (χ1) is 9.13. The van der Waals surface area contributed by atoms with E-state index in [2.05, 4.69) is 15.3 Å². The summed E-state index contributed by atoms with van der Waals surface area (Å²) in [5, 5.41) is 3.29. The van der Waals surface area contributed by atoms with Gasteiger partial charge >= 0.3 is 0 Å². The fraction of sp³-hybridized carbons (Fsp3) is 0.231. The zero-order valence-corrected chi connectivity index (χ0v) is 11.3. The van der Waals surface area contributed by atoms with Crippen molar-refractivity contribution < 1.29 is 4.39 Å². The van der Waals surface area contributed by atoms with Gasteiger partial charge in [0.25, 0.3) is 0 Å². The van der Waals surface area contributed by atoms with Crippen LogP contribution in [-0.2, 0) is 0 Å². The summed E-state index contributed by atoms with van der Waals surface area (Å²) in [6, 6.07) is 6.31. The number of aromatic nitrogens is 2. The molecule has 0 aliphatic heterocycles. The monoisotopic (exact) mass is 297 g/mol. The van der Waals surface area contributed by atoms with E-state index in [1.165, 1.54) is 6.07 Å². The second-order valence-corrected chi connectivity index (χ2v) is 5.23. The van der Waals surface area contributed by atoms with Gasteiger partial charge in [-0.1, -0.05) is 29.3 Å². The standard InChI is InChI=1S/C13H10Cl2FN3/c14-8-2-1-3-9(12(8)16)17-11-6-10(15)18-13(19-11)7-4-5-7/h1-3,6-7H,4-5H2,(H,17,18,19). The summed E-state index contributed by atoms with van der Waals surface area (Å²) in [7, 11) is 0. The van der Waals surface area contributed by atoms with Crippen LogP contribution in [0.3, 0.4) is 0 Å². The second kappa shape index (κ2) is 4.94. The molecule has 0 unspecified atom stereocenters. The number of nitrogens with zero attached hydrogens (tertiary/aromatic N) is 2. The number of rotatable bonds is 3. The molecule has 0 bridgehead atoms. The van der Waals surface area contributed by atoms with Crippen LogP contribution in [0.5, 0.6) is 0 Å². The normalized spacial score (nSPS) is 14.5. The first-order valence-electron chi connectivity index (χ1n) is 5.89. The van der Waals surface area contributed by atoms with Crippen molar-refractivity contribution in [2.75, 3.05) is 5.32 Å². The van der Waals surface area contributed by atoms with Gasteiger partial charge in [0.15, 0.2) is 5.82 Å². The van der Waals surface area contributed by atoms with Crippen LogP contribution in [0.2, 0.25) is 10.2 Å². The minimum absolute atomic E-state index is 0.0626. The highest BCUT2D eigenvalue weighted by molar-refractivity contribution is 6.31. The molecule has 1 aliphatic rings. The molecule has 0 amide bonds. The van der Waals surface area contributed by atoms with E-state index in [1.807, 2.05) is 0 Å². The fourth-order valence-corrected chi connectivity index (χ4v) is 2.13. The number of nitrogens with one attached hydrogen (secondary N) is 1. The largest absolute Gasteiger partial charge is 0.338 e. The van der Waals surface area contributed by atoms with Crippen molar-refractivity contribution in [1.82, 2.24) is 9.97 Å². The first kappa shape index (κ1) is 12.6. The first-order valence-corrected chi connectivity index (χ1v) is 6.64. The topological polar surface area (TPSA) is 37.8 Å². The van der Waals surface area contributed by atoms with Crippen LogP contribution >= 0.6 is 23.2 Å². The van der Waals surface area contributed by atoms with Crippen LogP contribution in [0.4, 0.5) is 15.9 Å². The molecule has 2 aromatic rings. The van der Waals surface area contributed by atoms with E-state index in [0.717, 1.165) is 12.8 Å². The van der Waals surface area contributed by atoms with Gasteiger partial charge in [0, 0.05) is 12.0 Å². The maximum atomic E-state index is 13.8. The summed E-state index contributed by atoms with van der Waals surface area (Å²) in [4.78, 5) is 8.52. The van der Waals surface area contributed by atoms with Gasteiger partial charge < -0.3 is 5.32 Å². The molecule has 0 radical (unpaired) electrons. The third-order valence-corrected chi connectivity index (χ3v) is 3.35. The van der Waals surface area contributed by atoms with E-state index in [-0.39, 0.29) is 10.7 Å². The zero-order chi connectivity index (χ0) is 13.4. The molecule has 0 atom stereocenters. The molecule has 0 saturated heterocycles. The van der Waals surface area contributed by atoms with E-state index < -0.39 is 5.82 Å². The molecule has 19 heavy (non-hydrogen) atoms. The average Bonchev–Trinajstić information content (AvgIpc) is 3.18. The Labute approximate surface area is 119 Å². The summed E-state index contributed by atoms with van der Waals surface area (Å²) >= 11 is 11.7. The van der Waals surface area contributed by atoms with Gasteiger partial charge in [0.1, 0.15) is 16.8 Å². The van der Waals surface area contributed by atoms with Crippen LogP contribution in [-0.4, -0.2) is 9.97 Å². The lowest BCUT2D eigenvalue weighted by atomic mass is 10.3. The molecule has 1 N–H and O–H groups in total. The quantitative estimate of drug-likeness (QED) is 0.845. The van der Waals surface area contributed by atoms with Crippen LogP contribution < -0.4 is 5.32 Å². The van der Waals surface area contributed by atoms with Crippen molar-refractivity contribution in [2.45, 2.75) is 18.8 Å². The Morgan fingerprint density at radius 1 is 1.21 bits per heavy atom. The third-order valence-electron chi connectivity index (χ3n) is 2.87. The van der Waals surface area contributed by atoms with E-state index in [0.29, 0.717) is 22.7 Å². The highest BCUT2D eigenvalue weighted by Crippen LogP contribution is 2.39. The highest BCUT2D eigenvalue weighted by Gasteiger charge is 2.27. The van der Waals surface area contributed by atoms with E-state index in [4.69, 9.17) is 23.2 Å². The smallest absolute Gasteiger partial charge is 0.165 e. The van der Waals surface area contributed by atoms with Crippen molar-refractivity contribution in [1.29, 1.82) is 0 Å². The molecule has 1 aromatic heterocycles. The van der Waals surface area contributed by atoms with Gasteiger partial charge in [-0.2, -0.15) is 0 Å². The van der Waals surface area contributed by atoms with Gasteiger partial charge in [0.2, 0.25) is 0 Å². The second-order valence-electron chi connectivity index (χ2n) is 4.43. The van der Waals surface area contributed by atoms with Gasteiger partial charge in [-0.25, -0.2) is 14.4 Å². The molecule has 1 heterocycles. The van der Waals surface area contributed by atoms with Crippen LogP contribution in [0.25, 0.3) is 0 Å². The summed E-state index contributed by atoms with van der Waals surface area (Å²) in [5.74, 6) is 1.05. The van der Waals surface area contributed by atoms with Gasteiger partial charge in [-0.05, 0) is 25.0 Å². The molecule has 98 valence electrons. The molecule has 1 fully saturated rings. The maximum absolute atomic E-state index is 13.8. The van der Waals surface area contributed by atoms with E-state index in [1.54, 1.807) is 18.2 Å². The summed E-state index contributed by atoms with van der Waals surface area (Å²) < 4.78 is 13.8. The van der Waals surface area contributed by atoms with Crippen LogP contribution in [0.15, 0.2) is 24.3 Å². The zero-order valence-electron chi connectivity index (χ0n) is 9.83. The Kier molecular flexibility index (Phi) is 3.29. The van der Waals surface area contributed by atoms with Gasteiger partial charge in [-0.3, -0.25) is 0 Å². The van der Waals surface area contributed by atoms with Crippen LogP contribution in [0.1, 0.15) is 24.6 Å². The lowest BCUT2D eigenvalue weighted by Crippen LogP contribution is -2.01. The van der Waals surface area contributed by atoms with E-state index >= 15 is 0 Å². The Bertz CT molecular complexity index is 629. The van der Waals surface area contributed by atoms with Gasteiger partial charge in [0.05, 0.1) is 10.7 Å². The Morgan fingerprint density at radius 3 is 2.74 bits per heavy atom. The van der Waals surface area contributed by atoms with Crippen LogP contribution in [0, 0.1) is 5.82 Å². The maximum Gasteiger partial charge on any atom is 0.165 e. The molecular weight excluding hydrogens is 288 g/mol. The molecule has 1 saturated carbocycles. The lowest BCUT2D eigenvalue weighted by Gasteiger charge is -2.09. The Balaban J connectivity index is 1.92. The van der Waals surface area contributed by atoms with E-state index in [9.17, 15) is 4.39 Å². The number of anilines is 2. The van der Waals surface area contributed by atoms with Crippen molar-refractivity contribution in [3.8, 4) is 0 Å². The Morgan fingerprint density at radius 2 is 2.00 bits per heavy atom. The molecule has 1 aliphatic carbocycles. The number of hydrogen-bond donors (Lipinski definition) is 1. The SMILES string of the molecule is Fc1c(Cl)cccc1Nc1cc(Cl)nc(C2CC2)n1. The molecule has 6 heteroatoms. The summed E-state index contributed by atoms with van der Waals surface area (Å²) in [5.41, 5.74) is 0.268. The lowest BCUT2D eigenvalue weighted by molar-refractivity contribution is 0.632. The molecule has 0 spiro atoms. The number of halogens is 3. The highest BCUT2D eigenvalue weighted by atomic mass is 35.5. The van der Waals surface area contributed by atoms with Crippen molar-refractivity contribution in [3.63, 3.8) is 0 Å². The number of benzene rings is 1. The Hall–Kier alpha value is -1.39. The minimum atomic E-state index is -0.508. The molecule has 1 aromatic carbocycles. The molecule has 3 rings (SSSR count). The predicted molar refractivity (Wildman–Crippen MR) is 73.7 cm³/mol. The van der Waals surface area contributed by atoms with Crippen molar-refractivity contribution >= 4 is 34.7 Å². The van der Waals surface area contributed by atoms with Gasteiger partial charge in [-0.15, -0.1) is 0 Å². The molecular formula is C13H10Cl2FN3. The molecule has 3 nitrogen and oxygen atoms in total. The summed E-state index contributed by atoms with van der Waals surface area (Å²) in [6.07, 6.45) is 2.15. The average molecular weight is 298 g/mol. The number of hydrogen-bond acceptors (Lipinski definition) is 3. The predicted octanol–water partition coefficient (Wildman–Crippen LogP) is 4.54. The minimum Gasteiger partial charge on any atom is -0.338 e. The third kappa shape index (κ3) is 2.80. The van der Waals surface area contributed by atoms with Crippen molar-refractivity contribution in [2.24, 2.45) is 0 Å².